The Balaban J connectivity index is 0. The Hall–Kier alpha value is 1.69. The fourth-order valence-electron chi connectivity index (χ4n) is 1.36. The van der Waals surface area contributed by atoms with E-state index in [0.29, 0.717) is 6.04 Å². The zero-order chi connectivity index (χ0) is 17.3. The van der Waals surface area contributed by atoms with Gasteiger partial charge in [-0.25, -0.2) is 9.79 Å². The van der Waals surface area contributed by atoms with Gasteiger partial charge in [0, 0.05) is 40.8 Å². The Morgan fingerprint density at radius 2 is 1.75 bits per heavy atom. The normalized spacial score (nSPS) is 23.8. The minimum Gasteiger partial charge on any atom is -0.327 e. The first-order valence-corrected chi connectivity index (χ1v) is 13.7. The molecule has 11 heteroatoms. The van der Waals surface area contributed by atoms with E-state index in [1.54, 1.807) is 16.9 Å². The van der Waals surface area contributed by atoms with Crippen LogP contribution in [-0.4, -0.2) is 58.7 Å². The number of carbonyl (C=O) groups excluding carboxylic acids is 1. The van der Waals surface area contributed by atoms with Crippen LogP contribution in [0.15, 0.2) is 4.99 Å². The van der Waals surface area contributed by atoms with Crippen molar-refractivity contribution in [1.29, 1.82) is 0 Å². The Morgan fingerprint density at radius 1 is 1.12 bits per heavy atom. The summed E-state index contributed by atoms with van der Waals surface area (Å²) in [6.07, 6.45) is 4.80. The molecule has 0 aromatic rings. The minimum atomic E-state index is 0. The summed E-state index contributed by atoms with van der Waals surface area (Å²) in [4.78, 5) is 13.4. The molecule has 0 amide bonds. The lowest BCUT2D eigenvalue weighted by Crippen LogP contribution is -2.25. The van der Waals surface area contributed by atoms with Gasteiger partial charge >= 0.3 is 0 Å². The van der Waals surface area contributed by atoms with Gasteiger partial charge in [0.15, 0.2) is 0 Å². The predicted octanol–water partition coefficient (Wildman–Crippen LogP) is 3.56. The van der Waals surface area contributed by atoms with Crippen molar-refractivity contribution in [2.24, 2.45) is 16.5 Å². The highest BCUT2D eigenvalue weighted by Crippen LogP contribution is 2.30. The van der Waals surface area contributed by atoms with Crippen LogP contribution in [0.3, 0.4) is 0 Å². The van der Waals surface area contributed by atoms with E-state index in [1.165, 1.54) is 12.2 Å². The van der Waals surface area contributed by atoms with Crippen molar-refractivity contribution in [3.63, 3.8) is 0 Å². The average Bonchev–Trinajstić information content (AvgIpc) is 2.58. The summed E-state index contributed by atoms with van der Waals surface area (Å²) in [5, 5.41) is 0. The number of halogens is 1. The molecule has 0 radical (unpaired) electrons. The van der Waals surface area contributed by atoms with Gasteiger partial charge in [-0.15, -0.1) is 12.4 Å². The maximum atomic E-state index is 9.77. The fraction of sp³-hybridized carbons (Fsp3) is 0.923. The van der Waals surface area contributed by atoms with E-state index in [0.717, 1.165) is 41.6 Å². The lowest BCUT2D eigenvalue weighted by Gasteiger charge is -2.14. The largest absolute Gasteiger partial charge is 0.327 e. The fourth-order valence-corrected chi connectivity index (χ4v) is 6.67. The van der Waals surface area contributed by atoms with Crippen LogP contribution >= 0.6 is 80.8 Å². The molecule has 2 heterocycles. The monoisotopic (exact) mass is 469 g/mol. The first kappa shape index (κ1) is 27.9. The molecule has 2 fully saturated rings. The lowest BCUT2D eigenvalue weighted by atomic mass is 10.3. The summed E-state index contributed by atoms with van der Waals surface area (Å²) in [5.41, 5.74) is 11.1. The quantitative estimate of drug-likeness (QED) is 0.217. The van der Waals surface area contributed by atoms with Crippen molar-refractivity contribution in [1.82, 2.24) is 0 Å². The van der Waals surface area contributed by atoms with E-state index in [2.05, 4.69) is 30.2 Å². The first-order valence-electron chi connectivity index (χ1n) is 7.42. The molecule has 3 atom stereocenters. The maximum absolute atomic E-state index is 9.77. The van der Waals surface area contributed by atoms with E-state index < -0.39 is 0 Å². The van der Waals surface area contributed by atoms with Crippen LogP contribution in [0, 0.1) is 0 Å². The number of isocyanates is 1. The maximum Gasteiger partial charge on any atom is 0.235 e. The Labute approximate surface area is 179 Å². The Kier molecular flexibility index (Phi) is 24.4. The van der Waals surface area contributed by atoms with Gasteiger partial charge in [0.2, 0.25) is 6.08 Å². The molecule has 24 heavy (non-hydrogen) atoms. The Bertz CT molecular complexity index is 311. The second-order valence-corrected chi connectivity index (χ2v) is 10.9. The first-order chi connectivity index (χ1) is 11.1. The van der Waals surface area contributed by atoms with Crippen molar-refractivity contribution in [2.45, 2.75) is 37.4 Å². The minimum absolute atomic E-state index is 0. The van der Waals surface area contributed by atoms with E-state index in [-0.39, 0.29) is 24.5 Å². The molecule has 0 bridgehead atoms. The number of thiol groups is 2. The second kappa shape index (κ2) is 21.0. The summed E-state index contributed by atoms with van der Waals surface area (Å²) in [6.45, 7) is 0. The third-order valence-electron chi connectivity index (χ3n) is 2.79. The average molecular weight is 470 g/mol. The van der Waals surface area contributed by atoms with Gasteiger partial charge in [-0.1, -0.05) is 43.2 Å². The molecular formula is C13H28ClN3OS6. The van der Waals surface area contributed by atoms with Crippen LogP contribution in [0.1, 0.15) is 19.3 Å². The number of aliphatic imine (C=N–C) groups is 1. The standard InChI is InChI=1S/C5H7NOS2.C4H9NS2.C4H11NS2.ClH/c7-4-6-5-1-2-8-9-3-5;5-4-1-2-6-7-3-4;5-4(3-7)1-2-6;/h5H,1-3H2;4H,1-3,5H2;4,6-7H,1-3,5H2;1H/t5-;2*4-;/m000./s1. The predicted molar refractivity (Wildman–Crippen MR) is 126 cm³/mol. The van der Waals surface area contributed by atoms with Crippen LogP contribution in [0.25, 0.3) is 0 Å². The van der Waals surface area contributed by atoms with Gasteiger partial charge in [0.25, 0.3) is 0 Å². The highest BCUT2D eigenvalue weighted by molar-refractivity contribution is 8.77. The van der Waals surface area contributed by atoms with Crippen LogP contribution in [0.4, 0.5) is 0 Å². The molecule has 0 aromatic heterocycles. The molecule has 0 aliphatic carbocycles. The topological polar surface area (TPSA) is 81.5 Å². The van der Waals surface area contributed by atoms with Gasteiger partial charge < -0.3 is 11.5 Å². The third kappa shape index (κ3) is 18.5. The number of hydrogen-bond donors (Lipinski definition) is 4. The van der Waals surface area contributed by atoms with Gasteiger partial charge in [-0.3, -0.25) is 0 Å². The highest BCUT2D eigenvalue weighted by Gasteiger charge is 2.11. The van der Waals surface area contributed by atoms with E-state index in [9.17, 15) is 4.79 Å². The summed E-state index contributed by atoms with van der Waals surface area (Å²) >= 11 is 7.99. The van der Waals surface area contributed by atoms with Crippen molar-refractivity contribution >= 4 is 86.9 Å². The van der Waals surface area contributed by atoms with Gasteiger partial charge in [-0.05, 0) is 25.0 Å². The number of hydrogen-bond acceptors (Lipinski definition) is 10. The van der Waals surface area contributed by atoms with Crippen LogP contribution in [-0.2, 0) is 4.79 Å². The van der Waals surface area contributed by atoms with Gasteiger partial charge in [0.1, 0.15) is 0 Å². The molecule has 0 aromatic carbocycles. The SMILES string of the molecule is Cl.N[C@H](CS)CCS.N[C@H]1CCSSC1.O=C=N[C@H]1CCSSC1. The Morgan fingerprint density at radius 3 is 2.04 bits per heavy atom. The molecule has 4 N–H and O–H groups in total. The summed E-state index contributed by atoms with van der Waals surface area (Å²) < 4.78 is 0. The van der Waals surface area contributed by atoms with Gasteiger partial charge in [-0.2, -0.15) is 25.3 Å². The molecule has 2 saturated heterocycles. The molecule has 144 valence electrons. The van der Waals surface area contributed by atoms with Gasteiger partial charge in [0.05, 0.1) is 6.04 Å². The van der Waals surface area contributed by atoms with E-state index in [1.807, 2.05) is 32.4 Å². The summed E-state index contributed by atoms with van der Waals surface area (Å²) in [5.74, 6) is 6.10. The number of nitrogens with two attached hydrogens (primary N) is 2. The van der Waals surface area contributed by atoms with Crippen molar-refractivity contribution < 1.29 is 4.79 Å². The zero-order valence-electron chi connectivity index (χ0n) is 13.5. The molecule has 0 spiro atoms. The number of nitrogens with zero attached hydrogens (tertiary/aromatic N) is 1. The zero-order valence-corrected chi connectivity index (χ0v) is 19.4. The molecule has 2 aliphatic heterocycles. The summed E-state index contributed by atoms with van der Waals surface area (Å²) in [6, 6.07) is 0.959. The van der Waals surface area contributed by atoms with Crippen LogP contribution < -0.4 is 11.5 Å². The lowest BCUT2D eigenvalue weighted by molar-refractivity contribution is 0.558. The molecule has 0 saturated carbocycles. The highest BCUT2D eigenvalue weighted by atomic mass is 35.5. The van der Waals surface area contributed by atoms with Crippen molar-refractivity contribution in [3.8, 4) is 0 Å². The number of rotatable bonds is 4. The summed E-state index contributed by atoms with van der Waals surface area (Å²) in [7, 11) is 7.47. The molecular weight excluding hydrogens is 442 g/mol. The smallest absolute Gasteiger partial charge is 0.235 e. The third-order valence-corrected chi connectivity index (χ3v) is 8.55. The van der Waals surface area contributed by atoms with E-state index >= 15 is 0 Å². The van der Waals surface area contributed by atoms with E-state index in [4.69, 9.17) is 11.5 Å². The molecule has 0 unspecified atom stereocenters. The van der Waals surface area contributed by atoms with Crippen LogP contribution in [0.5, 0.6) is 0 Å². The van der Waals surface area contributed by atoms with Crippen LogP contribution in [0.2, 0.25) is 0 Å². The second-order valence-electron chi connectivity index (χ2n) is 4.88. The molecule has 4 nitrogen and oxygen atoms in total. The van der Waals surface area contributed by atoms with Crippen molar-refractivity contribution in [3.05, 3.63) is 0 Å². The molecule has 2 rings (SSSR count). The van der Waals surface area contributed by atoms with Crippen molar-refractivity contribution in [2.75, 3.05) is 34.5 Å². The molecule has 2 aliphatic rings.